The van der Waals surface area contributed by atoms with Crippen LogP contribution in [0.15, 0.2) is 59.3 Å². The summed E-state index contributed by atoms with van der Waals surface area (Å²) in [6.07, 6.45) is 6.70. The molecule has 1 aliphatic rings. The highest BCUT2D eigenvalue weighted by atomic mass is 16.3. The molecule has 0 radical (unpaired) electrons. The van der Waals surface area contributed by atoms with E-state index in [1.807, 2.05) is 35.2 Å². The molecular weight excluding hydrogens is 392 g/mol. The first-order valence-corrected chi connectivity index (χ1v) is 10.6. The third kappa shape index (κ3) is 4.99. The van der Waals surface area contributed by atoms with Crippen LogP contribution in [0.4, 0.5) is 0 Å². The molecule has 1 atom stereocenters. The van der Waals surface area contributed by atoms with Gasteiger partial charge >= 0.3 is 0 Å². The van der Waals surface area contributed by atoms with E-state index in [9.17, 15) is 9.59 Å². The lowest BCUT2D eigenvalue weighted by molar-refractivity contribution is 0.0718. The largest absolute Gasteiger partial charge is 0.446 e. The molecule has 0 spiro atoms. The molecule has 160 valence electrons. The molecule has 1 aromatic carbocycles. The van der Waals surface area contributed by atoms with E-state index in [1.54, 1.807) is 25.3 Å². The number of aromatic nitrogens is 2. The van der Waals surface area contributed by atoms with E-state index in [2.05, 4.69) is 15.3 Å². The smallest absolute Gasteiger partial charge is 0.275 e. The van der Waals surface area contributed by atoms with Gasteiger partial charge < -0.3 is 14.6 Å². The summed E-state index contributed by atoms with van der Waals surface area (Å²) in [5, 5.41) is 3.01. The summed E-state index contributed by atoms with van der Waals surface area (Å²) in [5.41, 5.74) is 2.45. The number of hydrogen-bond donors (Lipinski definition) is 1. The number of carbonyl (C=O) groups is 2. The van der Waals surface area contributed by atoms with E-state index < -0.39 is 6.04 Å². The van der Waals surface area contributed by atoms with Gasteiger partial charge in [-0.05, 0) is 43.9 Å². The van der Waals surface area contributed by atoms with Gasteiger partial charge in [0, 0.05) is 31.4 Å². The first-order valence-electron chi connectivity index (χ1n) is 10.6. The highest BCUT2D eigenvalue weighted by Gasteiger charge is 2.26. The van der Waals surface area contributed by atoms with Gasteiger partial charge in [-0.1, -0.05) is 30.3 Å². The second-order valence-electron chi connectivity index (χ2n) is 7.78. The van der Waals surface area contributed by atoms with Crippen LogP contribution in [0.5, 0.6) is 0 Å². The summed E-state index contributed by atoms with van der Waals surface area (Å²) >= 11 is 0. The molecule has 1 N–H and O–H groups in total. The van der Waals surface area contributed by atoms with Crippen molar-refractivity contribution in [3.63, 3.8) is 0 Å². The van der Waals surface area contributed by atoms with Crippen molar-refractivity contribution in [2.75, 3.05) is 13.1 Å². The summed E-state index contributed by atoms with van der Waals surface area (Å²) in [6, 6.07) is 12.7. The number of nitrogens with zero attached hydrogens (tertiary/aromatic N) is 3. The SMILES string of the molecule is Cc1ncccc1C(=O)N[C@H](Cc1ccccc1)c1nc(C(=O)N2CCCCC2)co1. The molecule has 7 nitrogen and oxygen atoms in total. The fourth-order valence-electron chi connectivity index (χ4n) is 3.81. The van der Waals surface area contributed by atoms with Crippen LogP contribution in [0.1, 0.15) is 63.3 Å². The third-order valence-electron chi connectivity index (χ3n) is 5.52. The topological polar surface area (TPSA) is 88.3 Å². The van der Waals surface area contributed by atoms with Gasteiger partial charge in [0.25, 0.3) is 11.8 Å². The number of oxazole rings is 1. The van der Waals surface area contributed by atoms with Gasteiger partial charge in [-0.2, -0.15) is 0 Å². The summed E-state index contributed by atoms with van der Waals surface area (Å²) in [6.45, 7) is 3.28. The average molecular weight is 418 g/mol. The zero-order valence-corrected chi connectivity index (χ0v) is 17.6. The maximum absolute atomic E-state index is 12.9. The van der Waals surface area contributed by atoms with Crippen molar-refractivity contribution < 1.29 is 14.0 Å². The molecule has 0 bridgehead atoms. The van der Waals surface area contributed by atoms with Crippen LogP contribution >= 0.6 is 0 Å². The fourth-order valence-corrected chi connectivity index (χ4v) is 3.81. The molecule has 0 saturated carbocycles. The Morgan fingerprint density at radius 3 is 2.61 bits per heavy atom. The quantitative estimate of drug-likeness (QED) is 0.659. The number of hydrogen-bond acceptors (Lipinski definition) is 5. The van der Waals surface area contributed by atoms with E-state index in [0.29, 0.717) is 23.6 Å². The van der Waals surface area contributed by atoms with E-state index >= 15 is 0 Å². The first kappa shape index (κ1) is 20.8. The van der Waals surface area contributed by atoms with Gasteiger partial charge in [0.15, 0.2) is 5.69 Å². The van der Waals surface area contributed by atoms with Gasteiger partial charge in [-0.25, -0.2) is 4.98 Å². The molecule has 1 fully saturated rings. The van der Waals surface area contributed by atoms with Crippen molar-refractivity contribution in [3.05, 3.63) is 83.3 Å². The number of nitrogens with one attached hydrogen (secondary N) is 1. The van der Waals surface area contributed by atoms with E-state index in [1.165, 1.54) is 6.26 Å². The lowest BCUT2D eigenvalue weighted by atomic mass is 10.0. The van der Waals surface area contributed by atoms with Crippen LogP contribution in [0, 0.1) is 6.92 Å². The fraction of sp³-hybridized carbons (Fsp3) is 0.333. The molecule has 7 heteroatoms. The number of aryl methyl sites for hydroxylation is 1. The minimum atomic E-state index is -0.516. The van der Waals surface area contributed by atoms with Gasteiger partial charge in [-0.15, -0.1) is 0 Å². The number of carbonyl (C=O) groups excluding carboxylic acids is 2. The Hall–Kier alpha value is -3.48. The first-order chi connectivity index (χ1) is 15.1. The normalized spacial score (nSPS) is 14.8. The Bertz CT molecular complexity index is 1040. The lowest BCUT2D eigenvalue weighted by Gasteiger charge is -2.25. The molecule has 0 aliphatic carbocycles. The van der Waals surface area contributed by atoms with Crippen molar-refractivity contribution in [3.8, 4) is 0 Å². The number of pyridine rings is 1. The number of likely N-dealkylation sites (tertiary alicyclic amines) is 1. The second-order valence-corrected chi connectivity index (χ2v) is 7.78. The number of piperidine rings is 1. The van der Waals surface area contributed by atoms with Gasteiger partial charge in [-0.3, -0.25) is 14.6 Å². The molecule has 0 unspecified atom stereocenters. The van der Waals surface area contributed by atoms with Crippen molar-refractivity contribution in [1.82, 2.24) is 20.2 Å². The molecule has 31 heavy (non-hydrogen) atoms. The number of amides is 2. The summed E-state index contributed by atoms with van der Waals surface area (Å²) in [4.78, 5) is 36.2. The highest BCUT2D eigenvalue weighted by Crippen LogP contribution is 2.21. The van der Waals surface area contributed by atoms with Crippen LogP contribution < -0.4 is 5.32 Å². The Morgan fingerprint density at radius 1 is 1.10 bits per heavy atom. The van der Waals surface area contributed by atoms with Gasteiger partial charge in [0.1, 0.15) is 12.3 Å². The molecule has 1 aliphatic heterocycles. The standard InChI is InChI=1S/C24H26N4O3/c1-17-19(11-8-12-25-17)22(29)26-20(15-18-9-4-2-5-10-18)23-27-21(16-31-23)24(30)28-13-6-3-7-14-28/h2,4-5,8-12,16,20H,3,6-7,13-15H2,1H3,(H,26,29)/t20-/m1/s1. The predicted molar refractivity (Wildman–Crippen MR) is 116 cm³/mol. The number of benzene rings is 1. The summed E-state index contributed by atoms with van der Waals surface area (Å²) in [5.74, 6) is -0.0599. The Labute approximate surface area is 181 Å². The molecule has 1 saturated heterocycles. The van der Waals surface area contributed by atoms with Crippen LogP contribution in [0.25, 0.3) is 0 Å². The molecule has 3 heterocycles. The zero-order chi connectivity index (χ0) is 21.6. The van der Waals surface area contributed by atoms with Crippen LogP contribution in [-0.2, 0) is 6.42 Å². The minimum absolute atomic E-state index is 0.123. The van der Waals surface area contributed by atoms with E-state index in [0.717, 1.165) is 37.9 Å². The maximum atomic E-state index is 12.9. The molecule has 4 rings (SSSR count). The predicted octanol–water partition coefficient (Wildman–Crippen LogP) is 3.72. The van der Waals surface area contributed by atoms with Crippen molar-refractivity contribution in [2.45, 2.75) is 38.6 Å². The Morgan fingerprint density at radius 2 is 1.87 bits per heavy atom. The molecule has 3 aromatic rings. The maximum Gasteiger partial charge on any atom is 0.275 e. The summed E-state index contributed by atoms with van der Waals surface area (Å²) in [7, 11) is 0. The third-order valence-corrected chi connectivity index (χ3v) is 5.52. The van der Waals surface area contributed by atoms with Crippen LogP contribution in [0.2, 0.25) is 0 Å². The lowest BCUT2D eigenvalue weighted by Crippen LogP contribution is -2.36. The molecule has 2 aromatic heterocycles. The van der Waals surface area contributed by atoms with Crippen LogP contribution in [-0.4, -0.2) is 39.8 Å². The minimum Gasteiger partial charge on any atom is -0.446 e. The van der Waals surface area contributed by atoms with Crippen LogP contribution in [0.3, 0.4) is 0 Å². The van der Waals surface area contributed by atoms with E-state index in [4.69, 9.17) is 4.42 Å². The van der Waals surface area contributed by atoms with Gasteiger partial charge in [0.2, 0.25) is 5.89 Å². The zero-order valence-electron chi connectivity index (χ0n) is 17.6. The average Bonchev–Trinajstić information content (AvgIpc) is 3.30. The Kier molecular flexibility index (Phi) is 6.40. The van der Waals surface area contributed by atoms with Gasteiger partial charge in [0.05, 0.1) is 5.56 Å². The highest BCUT2D eigenvalue weighted by molar-refractivity contribution is 5.95. The van der Waals surface area contributed by atoms with Crippen molar-refractivity contribution in [2.24, 2.45) is 0 Å². The van der Waals surface area contributed by atoms with Crippen molar-refractivity contribution >= 4 is 11.8 Å². The monoisotopic (exact) mass is 418 g/mol. The molecular formula is C24H26N4O3. The molecule has 2 amide bonds. The summed E-state index contributed by atoms with van der Waals surface area (Å²) < 4.78 is 5.69. The second kappa shape index (κ2) is 9.55. The Balaban J connectivity index is 1.57. The number of rotatable bonds is 6. The van der Waals surface area contributed by atoms with Crippen molar-refractivity contribution in [1.29, 1.82) is 0 Å². The van der Waals surface area contributed by atoms with E-state index in [-0.39, 0.29) is 17.5 Å².